The quantitative estimate of drug-likeness (QED) is 0.174. The number of esters is 1. The van der Waals surface area contributed by atoms with Crippen molar-refractivity contribution in [2.24, 2.45) is 0 Å². The van der Waals surface area contributed by atoms with Crippen LogP contribution in [-0.2, 0) is 38.1 Å². The number of aliphatic hydroxyl groups is 3. The molecule has 0 bridgehead atoms. The molecular weight excluding hydrogens is 424 g/mol. The van der Waals surface area contributed by atoms with Gasteiger partial charge in [0.25, 0.3) is 11.9 Å². The fourth-order valence-electron chi connectivity index (χ4n) is 0.798. The number of carboxylic acid groups (broad SMARTS) is 2. The lowest BCUT2D eigenvalue weighted by molar-refractivity contribution is -0.142. The van der Waals surface area contributed by atoms with Crippen molar-refractivity contribution in [2.75, 3.05) is 80.3 Å². The zero-order chi connectivity index (χ0) is 25.3. The number of hydrogen-bond acceptors (Lipinski definition) is 11. The minimum Gasteiger partial charge on any atom is -0.481 e. The molecule has 0 radical (unpaired) electrons. The van der Waals surface area contributed by atoms with Gasteiger partial charge in [-0.3, -0.25) is 14.4 Å². The van der Waals surface area contributed by atoms with Crippen LogP contribution in [0.2, 0.25) is 0 Å². The highest BCUT2D eigenvalue weighted by molar-refractivity contribution is 5.65. The molecule has 5 N–H and O–H groups in total. The summed E-state index contributed by atoms with van der Waals surface area (Å²) in [5.41, 5.74) is 0. The van der Waals surface area contributed by atoms with Crippen LogP contribution in [0.5, 0.6) is 0 Å². The van der Waals surface area contributed by atoms with Gasteiger partial charge in [-0.15, -0.1) is 0 Å². The topological polar surface area (TPSA) is 199 Å². The fourth-order valence-corrected chi connectivity index (χ4v) is 0.798. The van der Waals surface area contributed by atoms with Gasteiger partial charge in [-0.05, 0) is 0 Å². The lowest BCUT2D eigenvalue weighted by atomic mass is 10.7. The van der Waals surface area contributed by atoms with E-state index in [9.17, 15) is 4.79 Å². The fraction of sp³-hybridized carbons (Fsp3) is 0.833. The summed E-state index contributed by atoms with van der Waals surface area (Å²) in [6, 6.07) is 0. The first-order valence-corrected chi connectivity index (χ1v) is 9.05. The Hall–Kier alpha value is -1.87. The number of carbonyl (C=O) groups is 3. The van der Waals surface area contributed by atoms with Crippen molar-refractivity contribution in [3.63, 3.8) is 0 Å². The Labute approximate surface area is 183 Å². The predicted octanol–water partition coefficient (Wildman–Crippen LogP) is -0.993. The molecule has 190 valence electrons. The van der Waals surface area contributed by atoms with E-state index in [1.165, 1.54) is 6.92 Å². The Kier molecular flexibility index (Phi) is 54.0. The van der Waals surface area contributed by atoms with E-state index in [-0.39, 0.29) is 25.8 Å². The maximum Gasteiger partial charge on any atom is 0.302 e. The summed E-state index contributed by atoms with van der Waals surface area (Å²) < 4.78 is 23.9. The van der Waals surface area contributed by atoms with E-state index >= 15 is 0 Å². The summed E-state index contributed by atoms with van der Waals surface area (Å²) in [6.07, 6.45) is 0. The zero-order valence-electron chi connectivity index (χ0n) is 19.1. The molecule has 13 nitrogen and oxygen atoms in total. The van der Waals surface area contributed by atoms with Gasteiger partial charge in [0.05, 0.1) is 59.5 Å². The van der Waals surface area contributed by atoms with Crippen molar-refractivity contribution < 1.29 is 63.6 Å². The maximum atomic E-state index is 10.0. The molecule has 0 aromatic carbocycles. The number of carbonyl (C=O) groups excluding carboxylic acids is 1. The third-order valence-corrected chi connectivity index (χ3v) is 1.73. The highest BCUT2D eigenvalue weighted by Crippen LogP contribution is 1.78. The molecule has 0 fully saturated rings. The smallest absolute Gasteiger partial charge is 0.302 e. The highest BCUT2D eigenvalue weighted by Gasteiger charge is 1.88. The second-order valence-electron chi connectivity index (χ2n) is 4.76. The van der Waals surface area contributed by atoms with Crippen LogP contribution in [0.25, 0.3) is 0 Å². The van der Waals surface area contributed by atoms with Gasteiger partial charge in [-0.1, -0.05) is 0 Å². The van der Waals surface area contributed by atoms with Crippen LogP contribution in [0.1, 0.15) is 20.8 Å². The minimum atomic E-state index is -0.833. The lowest BCUT2D eigenvalue weighted by Gasteiger charge is -2.03. The number of rotatable bonds is 12. The van der Waals surface area contributed by atoms with Crippen LogP contribution in [0.4, 0.5) is 0 Å². The molecule has 0 saturated heterocycles. The molecule has 0 spiro atoms. The van der Waals surface area contributed by atoms with Crippen LogP contribution < -0.4 is 0 Å². The second-order valence-corrected chi connectivity index (χ2v) is 4.76. The van der Waals surface area contributed by atoms with E-state index in [2.05, 4.69) is 9.47 Å². The summed E-state index contributed by atoms with van der Waals surface area (Å²) in [7, 11) is 3.19. The first-order chi connectivity index (χ1) is 14.6. The summed E-state index contributed by atoms with van der Waals surface area (Å²) in [5, 5.41) is 38.4. The summed E-state index contributed by atoms with van der Waals surface area (Å²) in [4.78, 5) is 28.0. The molecule has 0 amide bonds. The van der Waals surface area contributed by atoms with E-state index in [1.54, 1.807) is 14.2 Å². The standard InChI is InChI=1S/C7H16O4.C5H10O3.2C2H4O2.C2H6O2/c1-9-4-5-11-7-6-10-3-2-8;1-5(6)8-4-3-7-2;2*1-2(3)4;3-1-2-4/h8H,2-7H2,1H3;3-4H2,1-2H3;2*1H3,(H,3,4);3-4H,1-2H2. The van der Waals surface area contributed by atoms with Gasteiger partial charge in [0.2, 0.25) is 0 Å². The Morgan fingerprint density at radius 3 is 1.19 bits per heavy atom. The Morgan fingerprint density at radius 1 is 0.581 bits per heavy atom. The van der Waals surface area contributed by atoms with E-state index in [0.29, 0.717) is 46.2 Å². The third kappa shape index (κ3) is 131. The van der Waals surface area contributed by atoms with Crippen LogP contribution in [0.3, 0.4) is 0 Å². The second kappa shape index (κ2) is 42.3. The molecule has 0 atom stereocenters. The first kappa shape index (κ1) is 39.6. The summed E-state index contributed by atoms with van der Waals surface area (Å²) in [5.74, 6) is -1.93. The average Bonchev–Trinajstić information content (AvgIpc) is 2.67. The molecule has 31 heavy (non-hydrogen) atoms. The first-order valence-electron chi connectivity index (χ1n) is 9.05. The van der Waals surface area contributed by atoms with Crippen LogP contribution in [0.15, 0.2) is 0 Å². The lowest BCUT2D eigenvalue weighted by Crippen LogP contribution is -2.09. The van der Waals surface area contributed by atoms with Gasteiger partial charge in [-0.2, -0.15) is 0 Å². The SMILES string of the molecule is CC(=O)O.CC(=O)O.COCCOC(C)=O.COCCOCCOCCO.OCCO. The Morgan fingerprint density at radius 2 is 0.903 bits per heavy atom. The molecule has 0 heterocycles. The predicted molar refractivity (Wildman–Crippen MR) is 110 cm³/mol. The van der Waals surface area contributed by atoms with Crippen molar-refractivity contribution in [1.29, 1.82) is 0 Å². The van der Waals surface area contributed by atoms with E-state index in [1.807, 2.05) is 0 Å². The van der Waals surface area contributed by atoms with Crippen molar-refractivity contribution in [3.05, 3.63) is 0 Å². The van der Waals surface area contributed by atoms with E-state index in [4.69, 9.17) is 49.3 Å². The molecule has 0 rings (SSSR count). The molecule has 0 saturated carbocycles. The molecule has 0 aliphatic carbocycles. The molecule has 0 unspecified atom stereocenters. The van der Waals surface area contributed by atoms with Crippen LogP contribution in [-0.4, -0.2) is 124 Å². The zero-order valence-corrected chi connectivity index (χ0v) is 19.1. The van der Waals surface area contributed by atoms with Crippen molar-refractivity contribution in [2.45, 2.75) is 20.8 Å². The highest BCUT2D eigenvalue weighted by atomic mass is 16.6. The van der Waals surface area contributed by atoms with Crippen LogP contribution >= 0.6 is 0 Å². The molecule has 0 aromatic rings. The van der Waals surface area contributed by atoms with Gasteiger partial charge in [-0.25, -0.2) is 0 Å². The van der Waals surface area contributed by atoms with Gasteiger partial charge >= 0.3 is 5.97 Å². The van der Waals surface area contributed by atoms with E-state index < -0.39 is 11.9 Å². The molecule has 13 heteroatoms. The van der Waals surface area contributed by atoms with Crippen molar-refractivity contribution >= 4 is 17.9 Å². The number of aliphatic hydroxyl groups excluding tert-OH is 3. The molecule has 0 aliphatic heterocycles. The number of hydrogen-bond donors (Lipinski definition) is 5. The normalized spacial score (nSPS) is 8.52. The van der Waals surface area contributed by atoms with Crippen molar-refractivity contribution in [1.82, 2.24) is 0 Å². The molecule has 0 aliphatic rings. The Bertz CT molecular complexity index is 321. The summed E-state index contributed by atoms with van der Waals surface area (Å²) >= 11 is 0. The third-order valence-electron chi connectivity index (χ3n) is 1.73. The molecule has 0 aromatic heterocycles. The monoisotopic (exact) mass is 464 g/mol. The van der Waals surface area contributed by atoms with Gasteiger partial charge in [0.15, 0.2) is 0 Å². The minimum absolute atomic E-state index is 0.0675. The van der Waals surface area contributed by atoms with Crippen LogP contribution in [0, 0.1) is 0 Å². The number of methoxy groups -OCH3 is 2. The summed E-state index contributed by atoms with van der Waals surface area (Å²) in [6.45, 7) is 6.86. The average molecular weight is 465 g/mol. The van der Waals surface area contributed by atoms with Gasteiger partial charge in [0, 0.05) is 35.0 Å². The van der Waals surface area contributed by atoms with Gasteiger partial charge < -0.3 is 49.2 Å². The number of ether oxygens (including phenoxy) is 5. The van der Waals surface area contributed by atoms with Crippen molar-refractivity contribution in [3.8, 4) is 0 Å². The molecular formula is C18H40O13. The Balaban J connectivity index is -0.0000000986. The number of aliphatic carboxylic acids is 2. The van der Waals surface area contributed by atoms with E-state index in [0.717, 1.165) is 13.8 Å². The van der Waals surface area contributed by atoms with Gasteiger partial charge in [0.1, 0.15) is 6.61 Å². The largest absolute Gasteiger partial charge is 0.481 e. The maximum absolute atomic E-state index is 10.0. The number of carboxylic acids is 2.